The van der Waals surface area contributed by atoms with E-state index in [0.717, 1.165) is 16.4 Å². The summed E-state index contributed by atoms with van der Waals surface area (Å²) in [5.41, 5.74) is 5.87. The van der Waals surface area contributed by atoms with Gasteiger partial charge in [0.2, 0.25) is 5.78 Å². The maximum atomic E-state index is 12.3. The highest BCUT2D eigenvalue weighted by Crippen LogP contribution is 2.35. The predicted octanol–water partition coefficient (Wildman–Crippen LogP) is 0.528. The van der Waals surface area contributed by atoms with Gasteiger partial charge in [0, 0.05) is 0 Å². The largest absolute Gasteiger partial charge is 0.539 e. The minimum Gasteiger partial charge on any atom is -0.539 e. The molecule has 134 valence electrons. The number of anilines is 1. The van der Waals surface area contributed by atoms with E-state index in [-0.39, 0.29) is 44.7 Å². The summed E-state index contributed by atoms with van der Waals surface area (Å²) in [6.45, 7) is 0. The lowest BCUT2D eigenvalue weighted by molar-refractivity contribution is -0.741. The van der Waals surface area contributed by atoms with E-state index in [9.17, 15) is 20.4 Å². The van der Waals surface area contributed by atoms with Crippen molar-refractivity contribution in [2.24, 2.45) is 7.05 Å². The van der Waals surface area contributed by atoms with E-state index < -0.39 is 11.7 Å². The molecule has 0 unspecified atom stereocenters. The van der Waals surface area contributed by atoms with Crippen molar-refractivity contribution in [3.63, 3.8) is 0 Å². The molecule has 0 aliphatic carbocycles. The highest BCUT2D eigenvalue weighted by Gasteiger charge is 2.26. The molecule has 0 bridgehead atoms. The third-order valence-corrected chi connectivity index (χ3v) is 4.53. The van der Waals surface area contributed by atoms with Gasteiger partial charge in [-0.15, -0.1) is 0 Å². The average molecular weight is 382 g/mol. The quantitative estimate of drug-likeness (QED) is 0.373. The molecule has 0 fully saturated rings. The fourth-order valence-corrected chi connectivity index (χ4v) is 3.24. The smallest absolute Gasteiger partial charge is 0.300 e. The number of aromatic nitrogens is 3. The highest BCUT2D eigenvalue weighted by atomic mass is 32.2. The first-order valence-electron chi connectivity index (χ1n) is 7.34. The molecule has 10 nitrogen and oxygen atoms in total. The number of carbonyl (C=O) groups excluding carboxylic acids is 1. The number of hydrogen-bond acceptors (Lipinski definition) is 10. The van der Waals surface area contributed by atoms with Crippen LogP contribution in [0.5, 0.6) is 5.95 Å². The number of nitrogens with two attached hydrogens (primary N) is 1. The van der Waals surface area contributed by atoms with Gasteiger partial charge >= 0.3 is 0 Å². The summed E-state index contributed by atoms with van der Waals surface area (Å²) in [6.07, 6.45) is 1.40. The lowest BCUT2D eigenvalue weighted by Crippen LogP contribution is -2.37. The number of hydrogen-bond donors (Lipinski definition) is 1. The molecule has 11 heteroatoms. The van der Waals surface area contributed by atoms with Crippen LogP contribution in [0.4, 0.5) is 5.82 Å². The monoisotopic (exact) mass is 382 g/mol. The van der Waals surface area contributed by atoms with Gasteiger partial charge in [0.25, 0.3) is 5.69 Å². The van der Waals surface area contributed by atoms with Gasteiger partial charge in [-0.1, -0.05) is 16.4 Å². The molecule has 0 atom stereocenters. The molecule has 3 aromatic rings. The Morgan fingerprint density at radius 2 is 2.15 bits per heavy atom. The van der Waals surface area contributed by atoms with Gasteiger partial charge < -0.3 is 19.8 Å². The summed E-state index contributed by atoms with van der Waals surface area (Å²) >= 11 is 0.904. The summed E-state index contributed by atoms with van der Waals surface area (Å²) in [6, 6.07) is 7.08. The zero-order valence-corrected chi connectivity index (χ0v) is 14.6. The number of furan rings is 1. The standard InChI is InChI=1S/C16H10N6O4S/c1-22-13(16(24)26-21-22)10(23)7-27-15-9(6-18)12(11-3-2-4-25-11)8(5-17)14(19)20-15/h2-4H,7H2,1H3,(H2-,19,20,21,23,24). The Morgan fingerprint density at radius 3 is 2.70 bits per heavy atom. The predicted molar refractivity (Wildman–Crippen MR) is 88.0 cm³/mol. The first-order chi connectivity index (χ1) is 13.0. The second kappa shape index (κ2) is 7.19. The zero-order chi connectivity index (χ0) is 19.6. The van der Waals surface area contributed by atoms with Crippen molar-refractivity contribution in [2.75, 3.05) is 11.5 Å². The Hall–Kier alpha value is -3.83. The van der Waals surface area contributed by atoms with Gasteiger partial charge in [0.15, 0.2) is 13.0 Å². The molecule has 3 aromatic heterocycles. The first-order valence-corrected chi connectivity index (χ1v) is 8.33. The van der Waals surface area contributed by atoms with Crippen LogP contribution in [0.2, 0.25) is 0 Å². The topological polar surface area (TPSA) is 170 Å². The molecule has 3 heterocycles. The number of nitriles is 2. The van der Waals surface area contributed by atoms with Crippen LogP contribution >= 0.6 is 11.8 Å². The average Bonchev–Trinajstić information content (AvgIpc) is 3.29. The van der Waals surface area contributed by atoms with Crippen LogP contribution in [-0.4, -0.2) is 21.8 Å². The molecule has 0 aliphatic rings. The maximum absolute atomic E-state index is 12.3. The highest BCUT2D eigenvalue weighted by molar-refractivity contribution is 8.00. The molecule has 0 amide bonds. The molecule has 0 aliphatic heterocycles. The van der Waals surface area contributed by atoms with E-state index in [1.54, 1.807) is 12.1 Å². The molecule has 27 heavy (non-hydrogen) atoms. The summed E-state index contributed by atoms with van der Waals surface area (Å²) < 4.78 is 10.8. The van der Waals surface area contributed by atoms with Crippen LogP contribution in [0.1, 0.15) is 21.6 Å². The second-order valence-electron chi connectivity index (χ2n) is 5.17. The van der Waals surface area contributed by atoms with Gasteiger partial charge in [-0.3, -0.25) is 4.79 Å². The first kappa shape index (κ1) is 18.0. The molecule has 0 spiro atoms. The normalized spacial score (nSPS) is 10.3. The number of nitrogen functional groups attached to an aromatic ring is 1. The third kappa shape index (κ3) is 3.19. The molecular weight excluding hydrogens is 372 g/mol. The van der Waals surface area contributed by atoms with Crippen LogP contribution in [0.25, 0.3) is 11.3 Å². The van der Waals surface area contributed by atoms with Gasteiger partial charge in [0.1, 0.15) is 34.3 Å². The molecule has 0 aromatic carbocycles. The SMILES string of the molecule is C[n+]1noc([O-])c1C(=O)CSc1nc(N)c(C#N)c(-c2ccco2)c1C#N. The van der Waals surface area contributed by atoms with Crippen molar-refractivity contribution in [1.82, 2.24) is 10.3 Å². The summed E-state index contributed by atoms with van der Waals surface area (Å²) in [4.78, 5) is 16.3. The molecule has 2 N–H and O–H groups in total. The van der Waals surface area contributed by atoms with Crippen LogP contribution < -0.4 is 15.5 Å². The molecule has 0 radical (unpaired) electrons. The van der Waals surface area contributed by atoms with Crippen molar-refractivity contribution < 1.29 is 23.5 Å². The lowest BCUT2D eigenvalue weighted by atomic mass is 10.0. The molecule has 3 rings (SSSR count). The number of Topliss-reactive ketones (excluding diaryl/α,β-unsaturated/α-hetero) is 1. The fraction of sp³-hybridized carbons (Fsp3) is 0.125. The van der Waals surface area contributed by atoms with Gasteiger partial charge in [-0.25, -0.2) is 4.98 Å². The zero-order valence-electron chi connectivity index (χ0n) is 13.8. The molecule has 0 saturated carbocycles. The molecule has 0 saturated heterocycles. The van der Waals surface area contributed by atoms with E-state index in [4.69, 9.17) is 10.2 Å². The van der Waals surface area contributed by atoms with Crippen LogP contribution in [0.3, 0.4) is 0 Å². The minimum atomic E-state index is -0.854. The molecular formula is C16H10N6O4S. The number of carbonyl (C=O) groups is 1. The van der Waals surface area contributed by atoms with Gasteiger partial charge in [-0.05, 0) is 12.1 Å². The Labute approximate surface area is 156 Å². The van der Waals surface area contributed by atoms with E-state index in [0.29, 0.717) is 0 Å². The third-order valence-electron chi connectivity index (χ3n) is 3.55. The number of pyridine rings is 1. The van der Waals surface area contributed by atoms with Crippen LogP contribution in [0, 0.1) is 22.7 Å². The van der Waals surface area contributed by atoms with E-state index in [1.165, 1.54) is 13.3 Å². The minimum absolute atomic E-state index is 0.00413. The van der Waals surface area contributed by atoms with E-state index >= 15 is 0 Å². The summed E-state index contributed by atoms with van der Waals surface area (Å²) in [5.74, 6) is -1.45. The van der Waals surface area contributed by atoms with E-state index in [2.05, 4.69) is 14.8 Å². The van der Waals surface area contributed by atoms with Crippen LogP contribution in [0.15, 0.2) is 32.4 Å². The fourth-order valence-electron chi connectivity index (χ4n) is 2.38. The number of ketones is 1. The number of rotatable bonds is 5. The number of thioether (sulfide) groups is 1. The van der Waals surface area contributed by atoms with Gasteiger partial charge in [0.05, 0.1) is 28.4 Å². The Balaban J connectivity index is 2.01. The Morgan fingerprint density at radius 1 is 1.41 bits per heavy atom. The van der Waals surface area contributed by atoms with Crippen LogP contribution in [-0.2, 0) is 7.05 Å². The maximum Gasteiger partial charge on any atom is 0.300 e. The van der Waals surface area contributed by atoms with Crippen molar-refractivity contribution in [2.45, 2.75) is 5.03 Å². The van der Waals surface area contributed by atoms with E-state index in [1.807, 2.05) is 12.1 Å². The Bertz CT molecular complexity index is 1090. The van der Waals surface area contributed by atoms with Crippen molar-refractivity contribution in [3.05, 3.63) is 35.2 Å². The number of nitrogens with zero attached hydrogens (tertiary/aromatic N) is 5. The Kier molecular flexibility index (Phi) is 4.79. The van der Waals surface area contributed by atoms with Crippen molar-refractivity contribution in [3.8, 4) is 29.4 Å². The number of aryl methyl sites for hydroxylation is 1. The lowest BCUT2D eigenvalue weighted by Gasteiger charge is -2.10. The summed E-state index contributed by atoms with van der Waals surface area (Å²) in [5, 5.41) is 34.0. The summed E-state index contributed by atoms with van der Waals surface area (Å²) in [7, 11) is 1.40. The van der Waals surface area contributed by atoms with Crippen molar-refractivity contribution >= 4 is 23.4 Å². The van der Waals surface area contributed by atoms with Gasteiger partial charge in [-0.2, -0.15) is 10.5 Å². The van der Waals surface area contributed by atoms with Crippen molar-refractivity contribution in [1.29, 1.82) is 10.5 Å². The second-order valence-corrected chi connectivity index (χ2v) is 6.14.